The molecule has 0 aliphatic carbocycles. The summed E-state index contributed by atoms with van der Waals surface area (Å²) in [6.45, 7) is 5.89. The van der Waals surface area contributed by atoms with Crippen molar-refractivity contribution in [3.05, 3.63) is 12.7 Å². The fraction of sp³-hybridized carbons (Fsp3) is 0.841. The summed E-state index contributed by atoms with van der Waals surface area (Å²) < 4.78 is 37.0. The summed E-state index contributed by atoms with van der Waals surface area (Å²) in [7, 11) is -4.35. The van der Waals surface area contributed by atoms with Gasteiger partial charge < -0.3 is 29.4 Å². The van der Waals surface area contributed by atoms with E-state index < -0.39 is 38.1 Å². The maximum absolute atomic E-state index is 13.2. The van der Waals surface area contributed by atoms with Crippen LogP contribution < -0.4 is 5.73 Å². The number of nitrogen functional groups attached to an aromatic ring is 1. The largest absolute Gasteiger partial charge is 0.463 e. The van der Waals surface area contributed by atoms with Crippen LogP contribution >= 0.6 is 7.60 Å². The van der Waals surface area contributed by atoms with E-state index >= 15 is 0 Å². The predicted molar refractivity (Wildman–Crippen MR) is 232 cm³/mol. The maximum Gasteiger partial charge on any atom is 0.354 e. The number of rotatable bonds is 39. The van der Waals surface area contributed by atoms with Crippen molar-refractivity contribution in [2.24, 2.45) is 0 Å². The van der Waals surface area contributed by atoms with Gasteiger partial charge in [-0.2, -0.15) is 0 Å². The lowest BCUT2D eigenvalue weighted by molar-refractivity contribution is -0.151. The molecule has 0 saturated heterocycles. The molecule has 2 aromatic rings. The summed E-state index contributed by atoms with van der Waals surface area (Å²) in [5.41, 5.74) is 6.86. The number of aromatic nitrogens is 4. The summed E-state index contributed by atoms with van der Waals surface area (Å²) in [6.07, 6.45) is 32.6. The van der Waals surface area contributed by atoms with Crippen LogP contribution in [0.5, 0.6) is 0 Å². The van der Waals surface area contributed by atoms with Gasteiger partial charge in [-0.05, 0) is 19.8 Å². The average molecular weight is 838 g/mol. The molecule has 2 rings (SSSR count). The highest BCUT2D eigenvalue weighted by molar-refractivity contribution is 7.52. The number of hydrogen-bond donors (Lipinski definition) is 2. The fourth-order valence-electron chi connectivity index (χ4n) is 7.05. The maximum atomic E-state index is 13.2. The van der Waals surface area contributed by atoms with Crippen molar-refractivity contribution >= 4 is 36.5 Å². The number of carbonyl (C=O) groups is 2. The van der Waals surface area contributed by atoms with E-state index in [1.54, 1.807) is 17.8 Å². The van der Waals surface area contributed by atoms with Crippen LogP contribution in [0, 0.1) is 0 Å². The van der Waals surface area contributed by atoms with Gasteiger partial charge in [0.2, 0.25) is 0 Å². The first-order chi connectivity index (χ1) is 28.1. The number of hydrogen-bond acceptors (Lipinski definition) is 11. The van der Waals surface area contributed by atoms with Crippen molar-refractivity contribution in [1.29, 1.82) is 0 Å². The Bertz CT molecular complexity index is 1350. The molecule has 0 radical (unpaired) electrons. The van der Waals surface area contributed by atoms with Crippen LogP contribution in [0.4, 0.5) is 5.82 Å². The molecular weight excluding hydrogens is 757 g/mol. The Kier molecular flexibility index (Phi) is 29.5. The smallest absolute Gasteiger partial charge is 0.354 e. The monoisotopic (exact) mass is 838 g/mol. The summed E-state index contributed by atoms with van der Waals surface area (Å²) >= 11 is 0. The molecule has 1 unspecified atom stereocenters. The number of ether oxygens (including phenoxy) is 3. The number of nitrogens with zero attached hydrogens (tertiary/aromatic N) is 4. The van der Waals surface area contributed by atoms with Gasteiger partial charge in [0.05, 0.1) is 19.0 Å². The highest BCUT2D eigenvalue weighted by atomic mass is 31.2. The van der Waals surface area contributed by atoms with Crippen LogP contribution in [0.25, 0.3) is 11.2 Å². The van der Waals surface area contributed by atoms with E-state index in [9.17, 15) is 19.0 Å². The predicted octanol–water partition coefficient (Wildman–Crippen LogP) is 11.4. The second-order valence-electron chi connectivity index (χ2n) is 16.2. The van der Waals surface area contributed by atoms with E-state index in [0.717, 1.165) is 25.7 Å². The van der Waals surface area contributed by atoms with Crippen molar-refractivity contribution in [3.63, 3.8) is 0 Å². The van der Waals surface area contributed by atoms with Crippen molar-refractivity contribution < 1.29 is 37.8 Å². The molecule has 0 saturated carbocycles. The number of imidazole rings is 1. The highest BCUT2D eigenvalue weighted by Gasteiger charge is 2.29. The van der Waals surface area contributed by atoms with Gasteiger partial charge in [-0.1, -0.05) is 168 Å². The lowest BCUT2D eigenvalue weighted by Crippen LogP contribution is -2.28. The fourth-order valence-corrected chi connectivity index (χ4v) is 8.14. The minimum Gasteiger partial charge on any atom is -0.463 e. The van der Waals surface area contributed by atoms with E-state index in [-0.39, 0.29) is 38.4 Å². The number of nitrogens with two attached hydrogens (primary N) is 1. The first kappa shape index (κ1) is 51.5. The van der Waals surface area contributed by atoms with Crippen molar-refractivity contribution in [3.8, 4) is 0 Å². The van der Waals surface area contributed by atoms with Gasteiger partial charge in [-0.15, -0.1) is 0 Å². The number of anilines is 1. The van der Waals surface area contributed by atoms with E-state index in [4.69, 9.17) is 24.5 Å². The van der Waals surface area contributed by atoms with E-state index in [0.29, 0.717) is 24.0 Å². The van der Waals surface area contributed by atoms with Crippen molar-refractivity contribution in [1.82, 2.24) is 19.5 Å². The van der Waals surface area contributed by atoms with Gasteiger partial charge in [0.15, 0.2) is 11.5 Å². The van der Waals surface area contributed by atoms with Crippen molar-refractivity contribution in [2.75, 3.05) is 25.3 Å². The number of carbonyl (C=O) groups excluding carboxylic acids is 2. The zero-order valence-corrected chi connectivity index (χ0v) is 37.4. The molecule has 0 aromatic carbocycles. The Balaban J connectivity index is 1.73. The molecule has 0 aliphatic heterocycles. The Hall–Kier alpha value is -2.60. The summed E-state index contributed by atoms with van der Waals surface area (Å²) in [5, 5.41) is 0. The van der Waals surface area contributed by atoms with E-state index in [2.05, 4.69) is 28.8 Å². The zero-order valence-electron chi connectivity index (χ0n) is 36.6. The van der Waals surface area contributed by atoms with E-state index in [1.807, 2.05) is 0 Å². The molecule has 2 aromatic heterocycles. The van der Waals surface area contributed by atoms with Crippen LogP contribution in [0.15, 0.2) is 12.7 Å². The number of fused-ring (bicyclic) bond motifs is 1. The molecule has 0 bridgehead atoms. The van der Waals surface area contributed by atoms with Crippen molar-refractivity contribution in [2.45, 2.75) is 219 Å². The molecule has 3 N–H and O–H groups in total. The Labute approximate surface area is 350 Å². The molecule has 2 heterocycles. The molecule has 0 fully saturated rings. The average Bonchev–Trinajstić information content (AvgIpc) is 3.62. The normalized spacial score (nSPS) is 13.3. The van der Waals surface area contributed by atoms with E-state index in [1.165, 1.54) is 135 Å². The molecule has 334 valence electrons. The second kappa shape index (κ2) is 33.2. The van der Waals surface area contributed by atoms with Gasteiger partial charge in [0.1, 0.15) is 37.5 Å². The highest BCUT2D eigenvalue weighted by Crippen LogP contribution is 2.43. The summed E-state index contributed by atoms with van der Waals surface area (Å²) in [6, 6.07) is 0. The van der Waals surface area contributed by atoms with Crippen LogP contribution in [-0.2, 0) is 39.4 Å². The summed E-state index contributed by atoms with van der Waals surface area (Å²) in [4.78, 5) is 48.4. The van der Waals surface area contributed by atoms with Gasteiger partial charge in [0.25, 0.3) is 0 Å². The third-order valence-corrected chi connectivity index (χ3v) is 11.7. The molecule has 58 heavy (non-hydrogen) atoms. The minimum absolute atomic E-state index is 0.250. The quantitative estimate of drug-likeness (QED) is 0.0370. The van der Waals surface area contributed by atoms with Gasteiger partial charge in [-0.25, -0.2) is 15.0 Å². The van der Waals surface area contributed by atoms with Crippen LogP contribution in [-0.4, -0.2) is 68.1 Å². The Morgan fingerprint density at radius 2 is 1.09 bits per heavy atom. The van der Waals surface area contributed by atoms with Gasteiger partial charge >= 0.3 is 19.5 Å². The number of esters is 2. The molecular formula is C44H80N5O8P. The lowest BCUT2D eigenvalue weighted by atomic mass is 10.0. The zero-order chi connectivity index (χ0) is 42.1. The molecule has 0 aliphatic rings. The number of unbranched alkanes of at least 4 members (excludes halogenated alkanes) is 24. The molecule has 2 atom stereocenters. The summed E-state index contributed by atoms with van der Waals surface area (Å²) in [5.74, 6) is -0.569. The Morgan fingerprint density at radius 1 is 0.672 bits per heavy atom. The lowest BCUT2D eigenvalue weighted by Gasteiger charge is -2.22. The Morgan fingerprint density at radius 3 is 1.52 bits per heavy atom. The van der Waals surface area contributed by atoms with Gasteiger partial charge in [-0.3, -0.25) is 18.7 Å². The first-order valence-corrected chi connectivity index (χ1v) is 24.8. The van der Waals surface area contributed by atoms with Crippen LogP contribution in [0.1, 0.15) is 201 Å². The SMILES string of the molecule is CCCCCCCCCCCCCCCC(=O)OCC(COC(=O)CCCCCCCCCCCCCCC)OP(=O)(O)CO[C@H](C)Cn1cnc2c(N)ncnc21. The standard InChI is InChI=1S/C44H80N5O8P/c1-4-6-8-10-12-14-16-18-20-22-24-26-28-30-40(50)54-33-39(34-55-41(51)31-29-27-25-23-21-19-17-15-13-11-9-7-5-2)57-58(52,53)37-56-38(3)32-49-36-48-42-43(45)46-35-47-44(42)49/h35-36,38-39H,4-34,37H2,1-3H3,(H,52,53)(H2,45,46,47)/t38-/m1/s1. The molecule has 13 nitrogen and oxygen atoms in total. The van der Waals surface area contributed by atoms with Crippen LogP contribution in [0.3, 0.4) is 0 Å². The van der Waals surface area contributed by atoms with Gasteiger partial charge in [0, 0.05) is 12.8 Å². The minimum atomic E-state index is -4.35. The second-order valence-corrected chi connectivity index (χ2v) is 17.9. The van der Waals surface area contributed by atoms with Crippen LogP contribution in [0.2, 0.25) is 0 Å². The third-order valence-electron chi connectivity index (χ3n) is 10.5. The first-order valence-electron chi connectivity index (χ1n) is 23.0. The third kappa shape index (κ3) is 25.8. The molecule has 0 amide bonds. The molecule has 0 spiro atoms. The topological polar surface area (TPSA) is 178 Å². The molecule has 14 heteroatoms.